The standard InChI is InChI=1S/C12H12ClNO2/c1-3-7-8-5-9(13)6(2)4-10(8)14-11(7)12(15)16/h4-5,14H,3H2,1-2H3,(H,15,16). The number of hydrogen-bond donors (Lipinski definition) is 2. The van der Waals surface area contributed by atoms with E-state index in [4.69, 9.17) is 16.7 Å². The van der Waals surface area contributed by atoms with Crippen molar-refractivity contribution in [2.75, 3.05) is 0 Å². The summed E-state index contributed by atoms with van der Waals surface area (Å²) in [5, 5.41) is 10.6. The quantitative estimate of drug-likeness (QED) is 0.841. The lowest BCUT2D eigenvalue weighted by molar-refractivity contribution is 0.0690. The summed E-state index contributed by atoms with van der Waals surface area (Å²) in [6.45, 7) is 3.83. The van der Waals surface area contributed by atoms with Crippen LogP contribution in [0.1, 0.15) is 28.5 Å². The van der Waals surface area contributed by atoms with Crippen LogP contribution in [0, 0.1) is 6.92 Å². The SMILES string of the molecule is CCc1c(C(=O)O)[nH]c2cc(C)c(Cl)cc12. The average molecular weight is 238 g/mol. The molecule has 3 nitrogen and oxygen atoms in total. The number of H-pyrrole nitrogens is 1. The third kappa shape index (κ3) is 1.57. The summed E-state index contributed by atoms with van der Waals surface area (Å²) in [5.41, 5.74) is 2.84. The van der Waals surface area contributed by atoms with E-state index in [1.54, 1.807) is 0 Å². The molecule has 0 aliphatic carbocycles. The molecule has 0 aliphatic heterocycles. The van der Waals surface area contributed by atoms with Gasteiger partial charge in [0.15, 0.2) is 0 Å². The van der Waals surface area contributed by atoms with Gasteiger partial charge in [0.2, 0.25) is 0 Å². The number of aromatic amines is 1. The molecule has 16 heavy (non-hydrogen) atoms. The lowest BCUT2D eigenvalue weighted by Crippen LogP contribution is -2.00. The second kappa shape index (κ2) is 3.83. The molecule has 1 aromatic heterocycles. The summed E-state index contributed by atoms with van der Waals surface area (Å²) in [7, 11) is 0. The van der Waals surface area contributed by atoms with Crippen molar-refractivity contribution in [2.45, 2.75) is 20.3 Å². The molecule has 0 saturated carbocycles. The van der Waals surface area contributed by atoms with Crippen LogP contribution >= 0.6 is 11.6 Å². The van der Waals surface area contributed by atoms with Crippen molar-refractivity contribution in [3.05, 3.63) is 34.0 Å². The number of nitrogens with one attached hydrogen (secondary N) is 1. The van der Waals surface area contributed by atoms with Gasteiger partial charge < -0.3 is 10.1 Å². The Labute approximate surface area is 98.0 Å². The zero-order valence-electron chi connectivity index (χ0n) is 9.10. The van der Waals surface area contributed by atoms with Gasteiger partial charge in [0.25, 0.3) is 0 Å². The number of aryl methyl sites for hydroxylation is 2. The zero-order chi connectivity index (χ0) is 11.9. The molecular formula is C12H12ClNO2. The molecule has 0 fully saturated rings. The van der Waals surface area contributed by atoms with E-state index in [2.05, 4.69) is 4.98 Å². The van der Waals surface area contributed by atoms with E-state index < -0.39 is 5.97 Å². The lowest BCUT2D eigenvalue weighted by atomic mass is 10.1. The number of carboxylic acids is 1. The molecule has 0 atom stereocenters. The Morgan fingerprint density at radius 2 is 2.19 bits per heavy atom. The highest BCUT2D eigenvalue weighted by Gasteiger charge is 2.16. The van der Waals surface area contributed by atoms with Crippen molar-refractivity contribution in [3.63, 3.8) is 0 Å². The highest BCUT2D eigenvalue weighted by atomic mass is 35.5. The van der Waals surface area contributed by atoms with Crippen LogP contribution in [-0.2, 0) is 6.42 Å². The Morgan fingerprint density at radius 1 is 1.50 bits per heavy atom. The molecule has 84 valence electrons. The van der Waals surface area contributed by atoms with Gasteiger partial charge in [0.1, 0.15) is 5.69 Å². The maximum atomic E-state index is 11.1. The van der Waals surface area contributed by atoms with Crippen LogP contribution in [0.15, 0.2) is 12.1 Å². The van der Waals surface area contributed by atoms with Crippen LogP contribution in [0.3, 0.4) is 0 Å². The number of benzene rings is 1. The Bertz CT molecular complexity index is 572. The van der Waals surface area contributed by atoms with Gasteiger partial charge in [0.05, 0.1) is 0 Å². The third-order valence-corrected chi connectivity index (χ3v) is 3.16. The second-order valence-corrected chi connectivity index (χ2v) is 4.19. The number of aromatic carboxylic acids is 1. The minimum absolute atomic E-state index is 0.263. The summed E-state index contributed by atoms with van der Waals surface area (Å²) in [4.78, 5) is 14.0. The van der Waals surface area contributed by atoms with Crippen LogP contribution in [-0.4, -0.2) is 16.1 Å². The van der Waals surface area contributed by atoms with Crippen molar-refractivity contribution in [2.24, 2.45) is 0 Å². The van der Waals surface area contributed by atoms with Gasteiger partial charge in [-0.05, 0) is 36.6 Å². The predicted octanol–water partition coefficient (Wildman–Crippen LogP) is 3.39. The summed E-state index contributed by atoms with van der Waals surface area (Å²) in [6, 6.07) is 3.71. The molecule has 2 N–H and O–H groups in total. The molecule has 0 spiro atoms. The van der Waals surface area contributed by atoms with E-state index in [0.717, 1.165) is 22.0 Å². The van der Waals surface area contributed by atoms with Crippen LogP contribution < -0.4 is 0 Å². The highest BCUT2D eigenvalue weighted by molar-refractivity contribution is 6.32. The Kier molecular flexibility index (Phi) is 2.64. The lowest BCUT2D eigenvalue weighted by Gasteiger charge is -1.99. The van der Waals surface area contributed by atoms with Crippen LogP contribution in [0.4, 0.5) is 0 Å². The van der Waals surface area contributed by atoms with E-state index in [1.807, 2.05) is 26.0 Å². The summed E-state index contributed by atoms with van der Waals surface area (Å²) < 4.78 is 0. The minimum Gasteiger partial charge on any atom is -0.477 e. The molecule has 1 heterocycles. The Balaban J connectivity index is 2.82. The van der Waals surface area contributed by atoms with Crippen molar-refractivity contribution >= 4 is 28.5 Å². The number of carbonyl (C=O) groups is 1. The van der Waals surface area contributed by atoms with Crippen molar-refractivity contribution in [1.82, 2.24) is 4.98 Å². The summed E-state index contributed by atoms with van der Waals surface area (Å²) >= 11 is 6.04. The van der Waals surface area contributed by atoms with Gasteiger partial charge in [-0.1, -0.05) is 18.5 Å². The molecule has 4 heteroatoms. The fraction of sp³-hybridized carbons (Fsp3) is 0.250. The third-order valence-electron chi connectivity index (χ3n) is 2.75. The van der Waals surface area contributed by atoms with Gasteiger partial charge in [-0.3, -0.25) is 0 Å². The number of hydrogen-bond acceptors (Lipinski definition) is 1. The number of halogens is 1. The molecule has 0 bridgehead atoms. The molecule has 0 unspecified atom stereocenters. The van der Waals surface area contributed by atoms with Gasteiger partial charge in [0, 0.05) is 15.9 Å². The molecule has 2 aromatic rings. The molecule has 0 saturated heterocycles. The summed E-state index contributed by atoms with van der Waals surface area (Å²) in [6.07, 6.45) is 0.668. The first-order valence-electron chi connectivity index (χ1n) is 5.08. The topological polar surface area (TPSA) is 53.1 Å². The number of rotatable bonds is 2. The Hall–Kier alpha value is -1.48. The minimum atomic E-state index is -0.929. The highest BCUT2D eigenvalue weighted by Crippen LogP contribution is 2.28. The van der Waals surface area contributed by atoms with Crippen LogP contribution in [0.25, 0.3) is 10.9 Å². The largest absolute Gasteiger partial charge is 0.477 e. The number of carboxylic acid groups (broad SMARTS) is 1. The summed E-state index contributed by atoms with van der Waals surface area (Å²) in [5.74, 6) is -0.929. The fourth-order valence-corrected chi connectivity index (χ4v) is 2.09. The zero-order valence-corrected chi connectivity index (χ0v) is 9.85. The smallest absolute Gasteiger partial charge is 0.352 e. The van der Waals surface area contributed by atoms with Gasteiger partial charge in [-0.15, -0.1) is 0 Å². The fourth-order valence-electron chi connectivity index (χ4n) is 1.93. The van der Waals surface area contributed by atoms with Gasteiger partial charge in [-0.25, -0.2) is 4.79 Å². The van der Waals surface area contributed by atoms with E-state index in [1.165, 1.54) is 0 Å². The van der Waals surface area contributed by atoms with E-state index in [9.17, 15) is 4.79 Å². The molecule has 0 aliphatic rings. The predicted molar refractivity (Wildman–Crippen MR) is 64.4 cm³/mol. The Morgan fingerprint density at radius 3 is 2.75 bits per heavy atom. The van der Waals surface area contributed by atoms with Gasteiger partial charge in [-0.2, -0.15) is 0 Å². The monoisotopic (exact) mass is 237 g/mol. The normalized spacial score (nSPS) is 10.9. The number of aromatic nitrogens is 1. The molecule has 1 aromatic carbocycles. The van der Waals surface area contributed by atoms with E-state index in [-0.39, 0.29) is 5.69 Å². The first-order chi connectivity index (χ1) is 7.54. The first-order valence-corrected chi connectivity index (χ1v) is 5.46. The first kappa shape index (κ1) is 11.0. The van der Waals surface area contributed by atoms with E-state index in [0.29, 0.717) is 11.4 Å². The maximum Gasteiger partial charge on any atom is 0.352 e. The molecular weight excluding hydrogens is 226 g/mol. The number of fused-ring (bicyclic) bond motifs is 1. The molecule has 2 rings (SSSR count). The molecule has 0 amide bonds. The van der Waals surface area contributed by atoms with E-state index >= 15 is 0 Å². The second-order valence-electron chi connectivity index (χ2n) is 3.78. The maximum absolute atomic E-state index is 11.1. The van der Waals surface area contributed by atoms with Crippen molar-refractivity contribution in [1.29, 1.82) is 0 Å². The van der Waals surface area contributed by atoms with Crippen molar-refractivity contribution < 1.29 is 9.90 Å². The van der Waals surface area contributed by atoms with Crippen LogP contribution in [0.2, 0.25) is 5.02 Å². The average Bonchev–Trinajstić information content (AvgIpc) is 2.57. The van der Waals surface area contributed by atoms with Crippen LogP contribution in [0.5, 0.6) is 0 Å². The van der Waals surface area contributed by atoms with Crippen molar-refractivity contribution in [3.8, 4) is 0 Å². The molecule has 0 radical (unpaired) electrons. The van der Waals surface area contributed by atoms with Gasteiger partial charge >= 0.3 is 5.97 Å².